The highest BCUT2D eigenvalue weighted by Crippen LogP contribution is 2.55. The fraction of sp³-hybridized carbons (Fsp3) is 0.611. The smallest absolute Gasteiger partial charge is 0.422 e. The van der Waals surface area contributed by atoms with E-state index in [4.69, 9.17) is 16.2 Å². The molecule has 2 amide bonds. The number of aromatic nitrogens is 1. The van der Waals surface area contributed by atoms with Crippen molar-refractivity contribution in [2.24, 2.45) is 17.4 Å². The van der Waals surface area contributed by atoms with Crippen molar-refractivity contribution >= 4 is 11.8 Å². The second-order valence-corrected chi connectivity index (χ2v) is 7.64. The molecule has 1 heterocycles. The van der Waals surface area contributed by atoms with Crippen LogP contribution in [0.3, 0.4) is 0 Å². The molecule has 0 spiro atoms. The van der Waals surface area contributed by atoms with E-state index in [1.165, 1.54) is 6.20 Å². The molecule has 148 valence electrons. The van der Waals surface area contributed by atoms with Gasteiger partial charge in [0, 0.05) is 29.2 Å². The maximum Gasteiger partial charge on any atom is 0.422 e. The van der Waals surface area contributed by atoms with Gasteiger partial charge in [0.2, 0.25) is 5.91 Å². The van der Waals surface area contributed by atoms with Gasteiger partial charge in [0.15, 0.2) is 6.61 Å². The van der Waals surface area contributed by atoms with Crippen LogP contribution in [0.25, 0.3) is 0 Å². The lowest BCUT2D eigenvalue weighted by Crippen LogP contribution is -2.36. The van der Waals surface area contributed by atoms with Crippen LogP contribution in [0.5, 0.6) is 5.75 Å². The number of nitrogens with zero attached hydrogens (tertiary/aromatic N) is 1. The summed E-state index contributed by atoms with van der Waals surface area (Å²) in [4.78, 5) is 27.9. The van der Waals surface area contributed by atoms with Crippen molar-refractivity contribution < 1.29 is 27.5 Å². The third-order valence-corrected chi connectivity index (χ3v) is 5.28. The molecule has 0 saturated heterocycles. The second-order valence-electron chi connectivity index (χ2n) is 7.64. The number of pyridine rings is 1. The Hall–Kier alpha value is -2.32. The SMILES string of the molecule is CC(CC(N)=O)(c1c(C(N)=O)ncc(C2CC2)c1OCC(F)(F)F)C1CC1. The van der Waals surface area contributed by atoms with E-state index in [0.717, 1.165) is 25.7 Å². The van der Waals surface area contributed by atoms with E-state index in [0.29, 0.717) is 5.56 Å². The molecule has 0 aliphatic heterocycles. The molecule has 6 nitrogen and oxygen atoms in total. The van der Waals surface area contributed by atoms with Gasteiger partial charge in [-0.1, -0.05) is 6.92 Å². The van der Waals surface area contributed by atoms with Gasteiger partial charge in [-0.05, 0) is 37.5 Å². The van der Waals surface area contributed by atoms with Crippen molar-refractivity contribution in [3.05, 3.63) is 23.0 Å². The van der Waals surface area contributed by atoms with Crippen LogP contribution in [0.2, 0.25) is 0 Å². The Labute approximate surface area is 154 Å². The fourth-order valence-corrected chi connectivity index (χ4v) is 3.74. The van der Waals surface area contributed by atoms with Gasteiger partial charge in [0.25, 0.3) is 5.91 Å². The first-order valence-corrected chi connectivity index (χ1v) is 8.84. The Morgan fingerprint density at radius 1 is 1.22 bits per heavy atom. The average molecular weight is 385 g/mol. The van der Waals surface area contributed by atoms with Gasteiger partial charge in [0.05, 0.1) is 0 Å². The molecule has 0 radical (unpaired) electrons. The lowest BCUT2D eigenvalue weighted by atomic mass is 9.73. The minimum absolute atomic E-state index is 0.00686. The van der Waals surface area contributed by atoms with E-state index >= 15 is 0 Å². The Morgan fingerprint density at radius 2 is 1.85 bits per heavy atom. The predicted octanol–water partition coefficient (Wildman–Crippen LogP) is 2.54. The number of alkyl halides is 3. The predicted molar refractivity (Wildman–Crippen MR) is 90.2 cm³/mol. The van der Waals surface area contributed by atoms with Crippen LogP contribution in [0.4, 0.5) is 13.2 Å². The van der Waals surface area contributed by atoms with E-state index < -0.39 is 30.0 Å². The maximum atomic E-state index is 12.9. The molecule has 27 heavy (non-hydrogen) atoms. The van der Waals surface area contributed by atoms with Crippen molar-refractivity contribution in [1.82, 2.24) is 4.98 Å². The molecule has 2 aliphatic rings. The lowest BCUT2D eigenvalue weighted by Gasteiger charge is -2.33. The first kappa shape index (κ1) is 19.4. The van der Waals surface area contributed by atoms with Gasteiger partial charge in [-0.25, -0.2) is 0 Å². The standard InChI is InChI=1S/C18H22F3N3O3/c1-17(6-12(22)25,10-4-5-10)13-14(16(23)26)24-7-11(9-2-3-9)15(13)27-8-18(19,20)21/h7,9-10H,2-6,8H2,1H3,(H2,22,25)(H2,23,26). The van der Waals surface area contributed by atoms with Crippen molar-refractivity contribution in [2.75, 3.05) is 6.61 Å². The van der Waals surface area contributed by atoms with Crippen LogP contribution in [0.15, 0.2) is 6.20 Å². The number of carbonyl (C=O) groups is 2. The van der Waals surface area contributed by atoms with Crippen LogP contribution >= 0.6 is 0 Å². The number of hydrogen-bond acceptors (Lipinski definition) is 4. The largest absolute Gasteiger partial charge is 0.483 e. The third kappa shape index (κ3) is 4.17. The van der Waals surface area contributed by atoms with E-state index in [1.807, 2.05) is 0 Å². The maximum absolute atomic E-state index is 12.9. The van der Waals surface area contributed by atoms with Crippen LogP contribution in [0, 0.1) is 5.92 Å². The zero-order chi connectivity index (χ0) is 20.0. The van der Waals surface area contributed by atoms with Crippen LogP contribution in [-0.2, 0) is 10.2 Å². The average Bonchev–Trinajstić information content (AvgIpc) is 3.43. The Morgan fingerprint density at radius 3 is 2.30 bits per heavy atom. The summed E-state index contributed by atoms with van der Waals surface area (Å²) in [6.45, 7) is 0.218. The summed E-state index contributed by atoms with van der Waals surface area (Å²) in [6.07, 6.45) is -0.165. The molecular formula is C18H22F3N3O3. The molecule has 9 heteroatoms. The molecule has 1 atom stereocenters. The van der Waals surface area contributed by atoms with Crippen molar-refractivity contribution in [3.8, 4) is 5.75 Å². The number of primary amides is 2. The van der Waals surface area contributed by atoms with Crippen molar-refractivity contribution in [1.29, 1.82) is 0 Å². The number of carbonyl (C=O) groups excluding carboxylic acids is 2. The monoisotopic (exact) mass is 385 g/mol. The number of nitrogens with two attached hydrogens (primary N) is 2. The number of ether oxygens (including phenoxy) is 1. The second kappa shape index (κ2) is 6.69. The highest BCUT2D eigenvalue weighted by molar-refractivity contribution is 5.94. The molecule has 3 rings (SSSR count). The molecule has 1 aromatic heterocycles. The molecular weight excluding hydrogens is 363 g/mol. The van der Waals surface area contributed by atoms with Crippen molar-refractivity contribution in [3.63, 3.8) is 0 Å². The first-order chi connectivity index (χ1) is 12.5. The highest BCUT2D eigenvalue weighted by Gasteiger charge is 2.49. The highest BCUT2D eigenvalue weighted by atomic mass is 19.4. The minimum Gasteiger partial charge on any atom is -0.483 e. The molecule has 0 bridgehead atoms. The van der Waals surface area contributed by atoms with Gasteiger partial charge in [-0.3, -0.25) is 14.6 Å². The van der Waals surface area contributed by atoms with Gasteiger partial charge >= 0.3 is 6.18 Å². The van der Waals surface area contributed by atoms with Gasteiger partial charge in [-0.15, -0.1) is 0 Å². The fourth-order valence-electron chi connectivity index (χ4n) is 3.74. The summed E-state index contributed by atoms with van der Waals surface area (Å²) < 4.78 is 43.8. The zero-order valence-electron chi connectivity index (χ0n) is 14.9. The van der Waals surface area contributed by atoms with E-state index in [9.17, 15) is 22.8 Å². The Bertz CT molecular complexity index is 773. The normalized spacial score (nSPS) is 19.4. The Kier molecular flexibility index (Phi) is 4.81. The van der Waals surface area contributed by atoms with E-state index in [-0.39, 0.29) is 35.3 Å². The third-order valence-electron chi connectivity index (χ3n) is 5.28. The number of amides is 2. The molecule has 0 aromatic carbocycles. The van der Waals surface area contributed by atoms with Crippen LogP contribution in [-0.4, -0.2) is 29.6 Å². The van der Waals surface area contributed by atoms with Gasteiger partial charge in [-0.2, -0.15) is 13.2 Å². The van der Waals surface area contributed by atoms with Crippen LogP contribution < -0.4 is 16.2 Å². The molecule has 1 unspecified atom stereocenters. The zero-order valence-corrected chi connectivity index (χ0v) is 14.9. The van der Waals surface area contributed by atoms with E-state index in [2.05, 4.69) is 4.98 Å². The summed E-state index contributed by atoms with van der Waals surface area (Å²) in [7, 11) is 0. The van der Waals surface area contributed by atoms with E-state index in [1.54, 1.807) is 6.92 Å². The molecule has 2 fully saturated rings. The van der Waals surface area contributed by atoms with Gasteiger partial charge in [0.1, 0.15) is 11.4 Å². The Balaban J connectivity index is 2.19. The minimum atomic E-state index is -4.55. The summed E-state index contributed by atoms with van der Waals surface area (Å²) in [5.41, 5.74) is 10.5. The number of rotatable bonds is 8. The number of hydrogen-bond donors (Lipinski definition) is 2. The first-order valence-electron chi connectivity index (χ1n) is 8.84. The molecule has 1 aromatic rings. The van der Waals surface area contributed by atoms with Crippen molar-refractivity contribution in [2.45, 2.75) is 56.5 Å². The molecule has 2 aliphatic carbocycles. The summed E-state index contributed by atoms with van der Waals surface area (Å²) in [6, 6.07) is 0. The van der Waals surface area contributed by atoms with Crippen LogP contribution in [0.1, 0.15) is 66.6 Å². The van der Waals surface area contributed by atoms with Gasteiger partial charge < -0.3 is 16.2 Å². The molecule has 4 N–H and O–H groups in total. The topological polar surface area (TPSA) is 108 Å². The quantitative estimate of drug-likeness (QED) is 0.717. The summed E-state index contributed by atoms with van der Waals surface area (Å²) >= 11 is 0. The number of halogens is 3. The summed E-state index contributed by atoms with van der Waals surface area (Å²) in [5, 5.41) is 0. The lowest BCUT2D eigenvalue weighted by molar-refractivity contribution is -0.153. The molecule has 2 saturated carbocycles. The summed E-state index contributed by atoms with van der Waals surface area (Å²) in [5.74, 6) is -1.49.